The fourth-order valence-corrected chi connectivity index (χ4v) is 4.15. The van der Waals surface area contributed by atoms with Crippen LogP contribution in [0.5, 0.6) is 0 Å². The lowest BCUT2D eigenvalue weighted by Gasteiger charge is -2.37. The molecule has 3 N–H and O–H groups in total. The summed E-state index contributed by atoms with van der Waals surface area (Å²) in [6.45, 7) is 1.82. The molecule has 0 spiro atoms. The Labute approximate surface area is 185 Å². The molecule has 2 aromatic carbocycles. The van der Waals surface area contributed by atoms with E-state index in [0.717, 1.165) is 16.7 Å². The molecular formula is C24H22N2O4S. The lowest BCUT2D eigenvalue weighted by Crippen LogP contribution is -2.51. The van der Waals surface area contributed by atoms with Crippen molar-refractivity contribution >= 4 is 12.2 Å². The SMILES string of the molecule is Cc1ccc(-c2cc(-c3ccccc3)c(C#N)c(=S)n2[C@@H]2OC[C@@H](O)[C@H](O)[C@H]2O)cc1. The van der Waals surface area contributed by atoms with E-state index in [1.807, 2.05) is 67.6 Å². The fourth-order valence-electron chi connectivity index (χ4n) is 3.79. The first-order valence-corrected chi connectivity index (χ1v) is 10.3. The summed E-state index contributed by atoms with van der Waals surface area (Å²) in [5, 5.41) is 40.7. The van der Waals surface area contributed by atoms with Crippen LogP contribution in [-0.4, -0.2) is 44.8 Å². The van der Waals surface area contributed by atoms with Crippen LogP contribution in [0.4, 0.5) is 0 Å². The molecule has 158 valence electrons. The van der Waals surface area contributed by atoms with E-state index in [-0.39, 0.29) is 16.8 Å². The highest BCUT2D eigenvalue weighted by molar-refractivity contribution is 7.71. The summed E-state index contributed by atoms with van der Waals surface area (Å²) in [5.74, 6) is 0. The van der Waals surface area contributed by atoms with E-state index in [2.05, 4.69) is 6.07 Å². The van der Waals surface area contributed by atoms with E-state index in [1.165, 1.54) is 0 Å². The van der Waals surface area contributed by atoms with Crippen LogP contribution in [0.15, 0.2) is 60.7 Å². The van der Waals surface area contributed by atoms with Gasteiger partial charge in [0.1, 0.15) is 29.0 Å². The van der Waals surface area contributed by atoms with Crippen LogP contribution < -0.4 is 0 Å². The van der Waals surface area contributed by atoms with Crippen LogP contribution in [0, 0.1) is 22.9 Å². The summed E-state index contributed by atoms with van der Waals surface area (Å²) in [5.41, 5.74) is 4.31. The number of pyridine rings is 1. The Morgan fingerprint density at radius 1 is 1.00 bits per heavy atom. The van der Waals surface area contributed by atoms with E-state index < -0.39 is 24.5 Å². The topological polar surface area (TPSA) is 98.6 Å². The fraction of sp³-hybridized carbons (Fsp3) is 0.250. The minimum Gasteiger partial charge on any atom is -0.388 e. The van der Waals surface area contributed by atoms with E-state index in [1.54, 1.807) is 4.57 Å². The van der Waals surface area contributed by atoms with E-state index in [0.29, 0.717) is 11.3 Å². The van der Waals surface area contributed by atoms with E-state index in [9.17, 15) is 20.6 Å². The first-order valence-electron chi connectivity index (χ1n) is 9.90. The Balaban J connectivity index is 2.00. The van der Waals surface area contributed by atoms with Crippen LogP contribution in [0.3, 0.4) is 0 Å². The Hall–Kier alpha value is -2.86. The van der Waals surface area contributed by atoms with Gasteiger partial charge in [0.2, 0.25) is 0 Å². The second-order valence-corrected chi connectivity index (χ2v) is 8.00. The second-order valence-electron chi connectivity index (χ2n) is 7.61. The molecule has 3 aromatic rings. The smallest absolute Gasteiger partial charge is 0.163 e. The number of nitrogens with zero attached hydrogens (tertiary/aromatic N) is 2. The predicted octanol–water partition coefficient (Wildman–Crippen LogP) is 3.34. The second kappa shape index (κ2) is 8.71. The molecule has 0 bridgehead atoms. The number of aliphatic hydroxyl groups is 3. The van der Waals surface area contributed by atoms with E-state index in [4.69, 9.17) is 17.0 Å². The third-order valence-electron chi connectivity index (χ3n) is 5.52. The van der Waals surface area contributed by atoms with Crippen molar-refractivity contribution < 1.29 is 20.1 Å². The van der Waals surface area contributed by atoms with Gasteiger partial charge >= 0.3 is 0 Å². The molecule has 0 aliphatic carbocycles. The summed E-state index contributed by atoms with van der Waals surface area (Å²) in [6, 6.07) is 21.3. The Morgan fingerprint density at radius 3 is 2.32 bits per heavy atom. The van der Waals surface area contributed by atoms with Crippen LogP contribution in [0.25, 0.3) is 22.4 Å². The van der Waals surface area contributed by atoms with Crippen LogP contribution in [0.2, 0.25) is 0 Å². The summed E-state index contributed by atoms with van der Waals surface area (Å²) < 4.78 is 7.45. The van der Waals surface area contributed by atoms with Gasteiger partial charge in [0.05, 0.1) is 17.9 Å². The molecule has 1 aromatic heterocycles. The summed E-state index contributed by atoms with van der Waals surface area (Å²) in [4.78, 5) is 0. The number of ether oxygens (including phenoxy) is 1. The molecular weight excluding hydrogens is 412 g/mol. The zero-order valence-electron chi connectivity index (χ0n) is 16.8. The molecule has 1 saturated heterocycles. The van der Waals surface area contributed by atoms with Gasteiger partial charge in [-0.15, -0.1) is 0 Å². The van der Waals surface area contributed by atoms with Crippen molar-refractivity contribution in [1.29, 1.82) is 5.26 Å². The largest absolute Gasteiger partial charge is 0.388 e. The zero-order chi connectivity index (χ0) is 22.1. The first-order chi connectivity index (χ1) is 14.9. The van der Waals surface area contributed by atoms with Crippen molar-refractivity contribution in [3.63, 3.8) is 0 Å². The Morgan fingerprint density at radius 2 is 1.68 bits per heavy atom. The number of hydrogen-bond acceptors (Lipinski definition) is 6. The minimum absolute atomic E-state index is 0.166. The number of hydrogen-bond donors (Lipinski definition) is 3. The number of benzene rings is 2. The van der Waals surface area contributed by atoms with Gasteiger partial charge in [-0.2, -0.15) is 5.26 Å². The molecule has 0 saturated carbocycles. The van der Waals surface area contributed by atoms with Gasteiger partial charge in [-0.05, 0) is 24.1 Å². The molecule has 31 heavy (non-hydrogen) atoms. The maximum atomic E-state index is 10.7. The number of aliphatic hydroxyl groups excluding tert-OH is 3. The zero-order valence-corrected chi connectivity index (χ0v) is 17.7. The molecule has 4 rings (SSSR count). The van der Waals surface area contributed by atoms with Crippen molar-refractivity contribution in [2.75, 3.05) is 6.61 Å². The first kappa shape index (κ1) is 21.4. The van der Waals surface area contributed by atoms with Crippen LogP contribution in [0.1, 0.15) is 17.4 Å². The summed E-state index contributed by atoms with van der Waals surface area (Å²) >= 11 is 5.70. The maximum absolute atomic E-state index is 10.7. The highest BCUT2D eigenvalue weighted by Crippen LogP contribution is 2.36. The molecule has 1 aliphatic heterocycles. The molecule has 6 nitrogen and oxygen atoms in total. The van der Waals surface area contributed by atoms with Crippen molar-refractivity contribution in [3.05, 3.63) is 76.4 Å². The van der Waals surface area contributed by atoms with Crippen molar-refractivity contribution in [1.82, 2.24) is 4.57 Å². The van der Waals surface area contributed by atoms with Gasteiger partial charge in [-0.3, -0.25) is 0 Å². The van der Waals surface area contributed by atoms with Crippen LogP contribution >= 0.6 is 12.2 Å². The summed E-state index contributed by atoms with van der Waals surface area (Å²) in [7, 11) is 0. The molecule has 4 atom stereocenters. The third kappa shape index (κ3) is 3.92. The monoisotopic (exact) mass is 434 g/mol. The third-order valence-corrected chi connectivity index (χ3v) is 5.92. The average Bonchev–Trinajstić information content (AvgIpc) is 2.79. The minimum atomic E-state index is -1.42. The highest BCUT2D eigenvalue weighted by Gasteiger charge is 2.39. The van der Waals surface area contributed by atoms with Gasteiger partial charge in [0, 0.05) is 5.56 Å². The quantitative estimate of drug-likeness (QED) is 0.547. The average molecular weight is 435 g/mol. The Kier molecular flexibility index (Phi) is 6.01. The van der Waals surface area contributed by atoms with Gasteiger partial charge in [0.25, 0.3) is 0 Å². The van der Waals surface area contributed by atoms with Crippen molar-refractivity contribution in [2.24, 2.45) is 0 Å². The normalized spacial score (nSPS) is 23.3. The van der Waals surface area contributed by atoms with Gasteiger partial charge in [-0.1, -0.05) is 72.4 Å². The lowest BCUT2D eigenvalue weighted by atomic mass is 9.97. The molecule has 1 aliphatic rings. The van der Waals surface area contributed by atoms with Gasteiger partial charge in [0.15, 0.2) is 6.23 Å². The molecule has 7 heteroatoms. The number of rotatable bonds is 3. The molecule has 0 unspecified atom stereocenters. The maximum Gasteiger partial charge on any atom is 0.163 e. The standard InChI is InChI=1S/C24H22N2O4S/c1-14-7-9-16(10-8-14)19-11-17(15-5-3-2-4-6-15)18(12-25)24(31)26(19)23-22(29)21(28)20(27)13-30-23/h2-11,20-23,27-29H,13H2,1H3/t20-,21+,22-,23-/m1/s1. The summed E-state index contributed by atoms with van der Waals surface area (Å²) in [6.07, 6.45) is -5.08. The highest BCUT2D eigenvalue weighted by atomic mass is 32.1. The number of aryl methyl sites for hydroxylation is 1. The predicted molar refractivity (Wildman–Crippen MR) is 119 cm³/mol. The molecule has 2 heterocycles. The lowest BCUT2D eigenvalue weighted by molar-refractivity contribution is -0.210. The van der Waals surface area contributed by atoms with E-state index >= 15 is 0 Å². The molecule has 0 radical (unpaired) electrons. The number of nitriles is 1. The van der Waals surface area contributed by atoms with Crippen molar-refractivity contribution in [2.45, 2.75) is 31.5 Å². The van der Waals surface area contributed by atoms with Gasteiger partial charge in [-0.25, -0.2) is 0 Å². The molecule has 1 fully saturated rings. The van der Waals surface area contributed by atoms with Gasteiger partial charge < -0.3 is 24.6 Å². The van der Waals surface area contributed by atoms with Crippen molar-refractivity contribution in [3.8, 4) is 28.5 Å². The molecule has 0 amide bonds. The number of aromatic nitrogens is 1. The van der Waals surface area contributed by atoms with Crippen LogP contribution in [-0.2, 0) is 4.74 Å². The Bertz CT molecular complexity index is 1190.